The molecule has 1 aromatic heterocycles. The minimum atomic E-state index is -0.435. The number of oxazole rings is 1. The van der Waals surface area contributed by atoms with E-state index in [0.29, 0.717) is 47.8 Å². The van der Waals surface area contributed by atoms with E-state index in [2.05, 4.69) is 38.7 Å². The van der Waals surface area contributed by atoms with Crippen LogP contribution in [0.1, 0.15) is 70.4 Å². The van der Waals surface area contributed by atoms with Gasteiger partial charge >= 0.3 is 0 Å². The average Bonchev–Trinajstić information content (AvgIpc) is 3.27. The number of aromatic nitrogens is 1. The lowest BCUT2D eigenvalue weighted by Gasteiger charge is -2.42. The van der Waals surface area contributed by atoms with Crippen molar-refractivity contribution in [1.82, 2.24) is 4.98 Å². The highest BCUT2D eigenvalue weighted by molar-refractivity contribution is 7.98. The number of carbonyl (C=O) groups is 2. The first-order valence-electron chi connectivity index (χ1n) is 13.4. The predicted octanol–water partition coefficient (Wildman–Crippen LogP) is 7.53. The average molecular weight is 544 g/mol. The van der Waals surface area contributed by atoms with Crippen molar-refractivity contribution in [3.8, 4) is 5.75 Å². The van der Waals surface area contributed by atoms with E-state index < -0.39 is 5.92 Å². The summed E-state index contributed by atoms with van der Waals surface area (Å²) in [7, 11) is 1.65. The van der Waals surface area contributed by atoms with Crippen LogP contribution in [-0.2, 0) is 20.1 Å². The molecule has 39 heavy (non-hydrogen) atoms. The van der Waals surface area contributed by atoms with Gasteiger partial charge in [0.1, 0.15) is 22.8 Å². The lowest BCUT2D eigenvalue weighted by atomic mass is 9.65. The second kappa shape index (κ2) is 9.40. The fourth-order valence-electron chi connectivity index (χ4n) is 6.15. The molecule has 2 heterocycles. The molecule has 0 N–H and O–H groups in total. The first-order valence-corrected chi connectivity index (χ1v) is 14.4. The van der Waals surface area contributed by atoms with Crippen molar-refractivity contribution in [2.75, 3.05) is 7.11 Å². The van der Waals surface area contributed by atoms with Crippen molar-refractivity contribution in [3.05, 3.63) is 76.3 Å². The highest BCUT2D eigenvalue weighted by Crippen LogP contribution is 2.53. The number of allylic oxidation sites excluding steroid dienone is 4. The summed E-state index contributed by atoms with van der Waals surface area (Å²) >= 11 is 1.49. The molecule has 0 saturated carbocycles. The number of para-hydroxylation sites is 2. The standard InChI is InChI=1S/C32H33NO5S/c1-31(2)13-21(34)28-25(15-31)37-26-16-32(3,4)14-22(35)29(26)27(28)18-10-11-23(36-5)19(12-18)17-39-30-33-20-8-6-7-9-24(20)38-30/h6-12,27H,13-17H2,1-5H3. The Labute approximate surface area is 232 Å². The number of methoxy groups -OCH3 is 1. The molecule has 0 spiro atoms. The normalized spacial score (nSPS) is 20.6. The third-order valence-electron chi connectivity index (χ3n) is 7.85. The van der Waals surface area contributed by atoms with Crippen molar-refractivity contribution < 1.29 is 23.5 Å². The van der Waals surface area contributed by atoms with Gasteiger partial charge in [-0.3, -0.25) is 9.59 Å². The molecule has 3 aromatic rings. The number of Topliss-reactive ketones (excluding diaryl/α,β-unsaturated/α-hetero) is 2. The summed E-state index contributed by atoms with van der Waals surface area (Å²) in [6.45, 7) is 8.40. The summed E-state index contributed by atoms with van der Waals surface area (Å²) in [6, 6.07) is 13.7. The number of rotatable bonds is 5. The first kappa shape index (κ1) is 25.9. The predicted molar refractivity (Wildman–Crippen MR) is 150 cm³/mol. The molecule has 0 bridgehead atoms. The molecule has 6 nitrogen and oxygen atoms in total. The van der Waals surface area contributed by atoms with Crippen LogP contribution in [0.25, 0.3) is 11.1 Å². The number of hydrogen-bond donors (Lipinski definition) is 0. The Morgan fingerprint density at radius 3 is 2.18 bits per heavy atom. The van der Waals surface area contributed by atoms with Crippen LogP contribution >= 0.6 is 11.8 Å². The molecule has 202 valence electrons. The Bertz CT molecular complexity index is 1490. The SMILES string of the molecule is COc1ccc(C2C3=C(CC(C)(C)CC3=O)OC3=C2C(=O)CC(C)(C)C3)cc1CSc1nc2ccccc2o1. The lowest BCUT2D eigenvalue weighted by Crippen LogP contribution is -2.37. The van der Waals surface area contributed by atoms with E-state index in [4.69, 9.17) is 13.9 Å². The molecule has 0 atom stereocenters. The second-order valence-electron chi connectivity index (χ2n) is 12.4. The van der Waals surface area contributed by atoms with Gasteiger partial charge < -0.3 is 13.9 Å². The van der Waals surface area contributed by atoms with Gasteiger partial charge in [-0.15, -0.1) is 0 Å². The van der Waals surface area contributed by atoms with Crippen LogP contribution in [0, 0.1) is 10.8 Å². The number of fused-ring (bicyclic) bond motifs is 1. The van der Waals surface area contributed by atoms with Gasteiger partial charge in [-0.05, 0) is 34.6 Å². The third-order valence-corrected chi connectivity index (χ3v) is 8.72. The Kier molecular flexibility index (Phi) is 6.25. The Balaban J connectivity index is 1.41. The van der Waals surface area contributed by atoms with Gasteiger partial charge in [-0.2, -0.15) is 0 Å². The Morgan fingerprint density at radius 2 is 1.56 bits per heavy atom. The molecule has 0 saturated heterocycles. The van der Waals surface area contributed by atoms with E-state index in [9.17, 15) is 9.59 Å². The fourth-order valence-corrected chi connectivity index (χ4v) is 6.97. The van der Waals surface area contributed by atoms with Crippen molar-refractivity contribution in [2.24, 2.45) is 10.8 Å². The Hall–Kier alpha value is -3.32. The maximum atomic E-state index is 13.6. The van der Waals surface area contributed by atoms with Crippen LogP contribution in [0.3, 0.4) is 0 Å². The van der Waals surface area contributed by atoms with Gasteiger partial charge in [0, 0.05) is 54.1 Å². The molecular weight excluding hydrogens is 510 g/mol. The quantitative estimate of drug-likeness (QED) is 0.308. The summed E-state index contributed by atoms with van der Waals surface area (Å²) in [5.74, 6) is 2.45. The van der Waals surface area contributed by atoms with Crippen molar-refractivity contribution >= 4 is 34.4 Å². The minimum absolute atomic E-state index is 0.0636. The smallest absolute Gasteiger partial charge is 0.257 e. The van der Waals surface area contributed by atoms with Crippen LogP contribution < -0.4 is 4.74 Å². The fraction of sp³-hybridized carbons (Fsp3) is 0.406. The summed E-state index contributed by atoms with van der Waals surface area (Å²) < 4.78 is 18.0. The molecule has 7 heteroatoms. The highest BCUT2D eigenvalue weighted by Gasteiger charge is 2.47. The Morgan fingerprint density at radius 1 is 0.923 bits per heavy atom. The summed E-state index contributed by atoms with van der Waals surface area (Å²) in [5.41, 5.74) is 4.34. The van der Waals surface area contributed by atoms with Crippen molar-refractivity contribution in [1.29, 1.82) is 0 Å². The zero-order valence-electron chi connectivity index (χ0n) is 23.1. The summed E-state index contributed by atoms with van der Waals surface area (Å²) in [5, 5.41) is 0.582. The third kappa shape index (κ3) is 4.82. The van der Waals surface area contributed by atoms with Gasteiger partial charge in [0.15, 0.2) is 17.1 Å². The van der Waals surface area contributed by atoms with E-state index in [1.54, 1.807) is 7.11 Å². The zero-order chi connectivity index (χ0) is 27.5. The largest absolute Gasteiger partial charge is 0.496 e. The molecule has 0 amide bonds. The minimum Gasteiger partial charge on any atom is -0.496 e. The van der Waals surface area contributed by atoms with Crippen LogP contribution in [0.15, 0.2) is 74.8 Å². The summed E-state index contributed by atoms with van der Waals surface area (Å²) in [6.07, 6.45) is 2.22. The van der Waals surface area contributed by atoms with Gasteiger partial charge in [0.25, 0.3) is 5.22 Å². The van der Waals surface area contributed by atoms with E-state index >= 15 is 0 Å². The van der Waals surface area contributed by atoms with Crippen LogP contribution in [0.5, 0.6) is 5.75 Å². The molecule has 2 aromatic carbocycles. The number of hydrogen-bond acceptors (Lipinski definition) is 7. The monoisotopic (exact) mass is 543 g/mol. The number of ketones is 2. The zero-order valence-corrected chi connectivity index (χ0v) is 23.9. The lowest BCUT2D eigenvalue weighted by molar-refractivity contribution is -0.120. The molecule has 1 aliphatic heterocycles. The molecule has 0 fully saturated rings. The first-order chi connectivity index (χ1) is 18.5. The molecular formula is C32H33NO5S. The number of carbonyl (C=O) groups excluding carboxylic acids is 2. The van der Waals surface area contributed by atoms with Gasteiger partial charge in [-0.25, -0.2) is 4.98 Å². The molecule has 6 rings (SSSR count). The maximum absolute atomic E-state index is 13.6. The molecule has 2 aliphatic carbocycles. The van der Waals surface area contributed by atoms with E-state index in [0.717, 1.165) is 39.5 Å². The van der Waals surface area contributed by atoms with Gasteiger partial charge in [0.05, 0.1) is 7.11 Å². The topological polar surface area (TPSA) is 78.6 Å². The van der Waals surface area contributed by atoms with Gasteiger partial charge in [-0.1, -0.05) is 63.7 Å². The molecule has 0 unspecified atom stereocenters. The number of nitrogens with zero attached hydrogens (tertiary/aromatic N) is 1. The maximum Gasteiger partial charge on any atom is 0.257 e. The second-order valence-corrected chi connectivity index (χ2v) is 13.3. The van der Waals surface area contributed by atoms with E-state index in [-0.39, 0.29) is 22.4 Å². The van der Waals surface area contributed by atoms with Crippen molar-refractivity contribution in [2.45, 2.75) is 70.3 Å². The van der Waals surface area contributed by atoms with Crippen LogP contribution in [0.4, 0.5) is 0 Å². The molecule has 0 radical (unpaired) electrons. The van der Waals surface area contributed by atoms with Crippen LogP contribution in [-0.4, -0.2) is 23.7 Å². The number of ether oxygens (including phenoxy) is 2. The van der Waals surface area contributed by atoms with E-state index in [1.807, 2.05) is 36.4 Å². The van der Waals surface area contributed by atoms with E-state index in [1.165, 1.54) is 11.8 Å². The number of benzene rings is 2. The number of thioether (sulfide) groups is 1. The molecule has 3 aliphatic rings. The van der Waals surface area contributed by atoms with Gasteiger partial charge in [0.2, 0.25) is 0 Å². The van der Waals surface area contributed by atoms with Crippen molar-refractivity contribution in [3.63, 3.8) is 0 Å². The van der Waals surface area contributed by atoms with Crippen LogP contribution in [0.2, 0.25) is 0 Å². The summed E-state index contributed by atoms with van der Waals surface area (Å²) in [4.78, 5) is 31.8. The highest BCUT2D eigenvalue weighted by atomic mass is 32.2.